The summed E-state index contributed by atoms with van der Waals surface area (Å²) in [5.41, 5.74) is 0. The van der Waals surface area contributed by atoms with E-state index in [1.165, 1.54) is 199 Å². The third-order valence-electron chi connectivity index (χ3n) is 15.6. The molecular formula is C76H136NO8P. The number of phosphoric acid groups is 1. The van der Waals surface area contributed by atoms with Gasteiger partial charge in [-0.3, -0.25) is 14.2 Å². The molecule has 0 aliphatic rings. The van der Waals surface area contributed by atoms with Crippen molar-refractivity contribution < 1.29 is 42.1 Å². The van der Waals surface area contributed by atoms with Gasteiger partial charge in [-0.1, -0.05) is 317 Å². The molecule has 2 unspecified atom stereocenters. The Balaban J connectivity index is 3.99. The number of ether oxygens (including phenoxy) is 2. The minimum Gasteiger partial charge on any atom is -0.756 e. The van der Waals surface area contributed by atoms with E-state index in [4.69, 9.17) is 18.5 Å². The summed E-state index contributed by atoms with van der Waals surface area (Å²) >= 11 is 0. The quantitative estimate of drug-likeness (QED) is 0.0195. The molecule has 10 heteroatoms. The Labute approximate surface area is 532 Å². The number of esters is 2. The molecule has 0 spiro atoms. The minimum absolute atomic E-state index is 0.0318. The van der Waals surface area contributed by atoms with Crippen LogP contribution < -0.4 is 4.89 Å². The average molecular weight is 1220 g/mol. The van der Waals surface area contributed by atoms with E-state index in [1.807, 2.05) is 21.1 Å². The van der Waals surface area contributed by atoms with Gasteiger partial charge in [-0.15, -0.1) is 0 Å². The van der Waals surface area contributed by atoms with Gasteiger partial charge >= 0.3 is 11.9 Å². The maximum atomic E-state index is 12.9. The van der Waals surface area contributed by atoms with E-state index in [9.17, 15) is 19.0 Å². The van der Waals surface area contributed by atoms with Crippen molar-refractivity contribution in [3.63, 3.8) is 0 Å². The molecule has 498 valence electrons. The monoisotopic (exact) mass is 1220 g/mol. The van der Waals surface area contributed by atoms with Crippen LogP contribution in [0.25, 0.3) is 0 Å². The van der Waals surface area contributed by atoms with E-state index in [0.29, 0.717) is 17.4 Å². The van der Waals surface area contributed by atoms with Gasteiger partial charge in [-0.25, -0.2) is 0 Å². The smallest absolute Gasteiger partial charge is 0.306 e. The van der Waals surface area contributed by atoms with Gasteiger partial charge in [0.25, 0.3) is 7.82 Å². The van der Waals surface area contributed by atoms with Crippen molar-refractivity contribution in [1.82, 2.24) is 0 Å². The van der Waals surface area contributed by atoms with Crippen molar-refractivity contribution in [2.24, 2.45) is 0 Å². The van der Waals surface area contributed by atoms with E-state index in [-0.39, 0.29) is 32.0 Å². The topological polar surface area (TPSA) is 111 Å². The molecule has 0 aliphatic heterocycles. The SMILES string of the molecule is CC/C=C\C/C=C\C/C=C\C/C=C\CCCCCCCCCCCCCCCCCCCCCCCCC(=O)OC(COC(=O)CCCCCCCCCCCCCCCC/C=C\C/C=C\C/C=C\C/C=C\CC)COP(=O)([O-])OCC[N+](C)(C)C. The zero-order valence-corrected chi connectivity index (χ0v) is 57.6. The number of unbranched alkanes of at least 4 members (excludes halogenated alkanes) is 36. The number of quaternary nitrogens is 1. The second-order valence-electron chi connectivity index (χ2n) is 25.2. The number of nitrogens with zero attached hydrogens (tertiary/aromatic N) is 1. The molecule has 0 N–H and O–H groups in total. The standard InChI is InChI=1S/C76H136NO8P/c1-6-8-10-12-14-16-18-20-22-24-26-28-30-32-34-35-36-37-38-39-40-41-43-45-47-49-51-53-55-57-59-61-63-65-67-69-76(79)85-74(73-84-86(80,81)83-71-70-77(3,4)5)72-82-75(78)68-66-64-62-60-58-56-54-52-50-48-46-44-42-33-31-29-27-25-23-21-19-17-15-13-11-9-7-2/h8-11,14-17,20-23,26-29,74H,6-7,12-13,18-19,24-25,30-73H2,1-5H3/b10-8-,11-9-,16-14-,17-15-,22-20-,23-21-,28-26-,29-27-. The lowest BCUT2D eigenvalue weighted by atomic mass is 10.0. The molecule has 0 saturated carbocycles. The van der Waals surface area contributed by atoms with Crippen LogP contribution in [0.5, 0.6) is 0 Å². The lowest BCUT2D eigenvalue weighted by Crippen LogP contribution is -2.37. The molecule has 0 bridgehead atoms. The zero-order valence-electron chi connectivity index (χ0n) is 56.7. The van der Waals surface area contributed by atoms with Gasteiger partial charge in [0.2, 0.25) is 0 Å². The van der Waals surface area contributed by atoms with Crippen LogP contribution in [0.3, 0.4) is 0 Å². The molecule has 0 aromatic carbocycles. The fourth-order valence-corrected chi connectivity index (χ4v) is 10.9. The molecule has 0 aliphatic carbocycles. The molecule has 0 radical (unpaired) electrons. The third kappa shape index (κ3) is 70.0. The Bertz CT molecular complexity index is 1770. The van der Waals surface area contributed by atoms with Gasteiger partial charge in [0.1, 0.15) is 19.8 Å². The Morgan fingerprint density at radius 3 is 0.930 bits per heavy atom. The van der Waals surface area contributed by atoms with Crippen LogP contribution in [-0.2, 0) is 32.7 Å². The number of carbonyl (C=O) groups excluding carboxylic acids is 2. The van der Waals surface area contributed by atoms with E-state index >= 15 is 0 Å². The summed E-state index contributed by atoms with van der Waals surface area (Å²) in [6, 6.07) is 0. The normalized spacial score (nSPS) is 13.7. The second kappa shape index (κ2) is 66.4. The molecule has 0 rings (SSSR count). The lowest BCUT2D eigenvalue weighted by molar-refractivity contribution is -0.870. The fraction of sp³-hybridized carbons (Fsp3) is 0.763. The highest BCUT2D eigenvalue weighted by Gasteiger charge is 2.22. The molecule has 9 nitrogen and oxygen atoms in total. The maximum Gasteiger partial charge on any atom is 0.306 e. The molecule has 0 saturated heterocycles. The summed E-state index contributed by atoms with van der Waals surface area (Å²) in [6.07, 6.45) is 92.1. The molecule has 0 aromatic heterocycles. The van der Waals surface area contributed by atoms with E-state index in [1.54, 1.807) is 0 Å². The zero-order chi connectivity index (χ0) is 62.6. The number of rotatable bonds is 66. The molecular weight excluding hydrogens is 1090 g/mol. The van der Waals surface area contributed by atoms with Crippen molar-refractivity contribution in [1.29, 1.82) is 0 Å². The van der Waals surface area contributed by atoms with Crippen LogP contribution in [0.2, 0.25) is 0 Å². The predicted octanol–water partition coefficient (Wildman–Crippen LogP) is 22.9. The van der Waals surface area contributed by atoms with Crippen molar-refractivity contribution in [2.75, 3.05) is 47.5 Å². The molecule has 0 heterocycles. The van der Waals surface area contributed by atoms with Gasteiger partial charge in [0.15, 0.2) is 6.10 Å². The third-order valence-corrected chi connectivity index (χ3v) is 16.6. The van der Waals surface area contributed by atoms with Gasteiger partial charge in [-0.05, 0) is 89.9 Å². The first-order valence-corrected chi connectivity index (χ1v) is 37.4. The van der Waals surface area contributed by atoms with Gasteiger partial charge < -0.3 is 27.9 Å². The number of carbonyl (C=O) groups is 2. The van der Waals surface area contributed by atoms with Crippen molar-refractivity contribution >= 4 is 19.8 Å². The summed E-state index contributed by atoms with van der Waals surface area (Å²) in [6.45, 7) is 4.05. The van der Waals surface area contributed by atoms with Crippen LogP contribution in [-0.4, -0.2) is 70.0 Å². The minimum atomic E-state index is -4.64. The highest BCUT2D eigenvalue weighted by atomic mass is 31.2. The van der Waals surface area contributed by atoms with Gasteiger partial charge in [-0.2, -0.15) is 0 Å². The number of phosphoric ester groups is 1. The van der Waals surface area contributed by atoms with E-state index in [0.717, 1.165) is 89.9 Å². The molecule has 0 aromatic rings. The molecule has 86 heavy (non-hydrogen) atoms. The predicted molar refractivity (Wildman–Crippen MR) is 369 cm³/mol. The fourth-order valence-electron chi connectivity index (χ4n) is 10.2. The summed E-state index contributed by atoms with van der Waals surface area (Å²) in [5, 5.41) is 0. The number of hydrogen-bond donors (Lipinski definition) is 0. The first kappa shape index (κ1) is 82.9. The van der Waals surface area contributed by atoms with Crippen molar-refractivity contribution in [3.05, 3.63) is 97.2 Å². The van der Waals surface area contributed by atoms with Crippen LogP contribution in [0.4, 0.5) is 0 Å². The van der Waals surface area contributed by atoms with Crippen LogP contribution in [0.1, 0.15) is 322 Å². The largest absolute Gasteiger partial charge is 0.756 e. The number of allylic oxidation sites excluding steroid dienone is 16. The lowest BCUT2D eigenvalue weighted by Gasteiger charge is -2.28. The first-order chi connectivity index (χ1) is 42.0. The van der Waals surface area contributed by atoms with E-state index < -0.39 is 26.5 Å². The summed E-state index contributed by atoms with van der Waals surface area (Å²) in [7, 11) is 1.17. The number of hydrogen-bond acceptors (Lipinski definition) is 8. The Morgan fingerprint density at radius 2 is 0.628 bits per heavy atom. The van der Waals surface area contributed by atoms with Crippen molar-refractivity contribution in [3.8, 4) is 0 Å². The summed E-state index contributed by atoms with van der Waals surface area (Å²) in [5.74, 6) is -0.822. The molecule has 0 fully saturated rings. The van der Waals surface area contributed by atoms with Crippen LogP contribution in [0.15, 0.2) is 97.2 Å². The van der Waals surface area contributed by atoms with Gasteiger partial charge in [0.05, 0.1) is 27.7 Å². The Morgan fingerprint density at radius 1 is 0.360 bits per heavy atom. The summed E-state index contributed by atoms with van der Waals surface area (Å²) < 4.78 is 34.4. The van der Waals surface area contributed by atoms with E-state index in [2.05, 4.69) is 111 Å². The Kier molecular flexibility index (Phi) is 64.0. The molecule has 2 atom stereocenters. The summed E-state index contributed by atoms with van der Waals surface area (Å²) in [4.78, 5) is 38.1. The highest BCUT2D eigenvalue weighted by molar-refractivity contribution is 7.45. The Hall–Kier alpha value is -3.07. The maximum absolute atomic E-state index is 12.9. The van der Waals surface area contributed by atoms with Crippen LogP contribution >= 0.6 is 7.82 Å². The first-order valence-electron chi connectivity index (χ1n) is 35.9. The number of likely N-dealkylation sites (N-methyl/N-ethyl adjacent to an activating group) is 1. The van der Waals surface area contributed by atoms with Crippen LogP contribution in [0, 0.1) is 0 Å². The highest BCUT2D eigenvalue weighted by Crippen LogP contribution is 2.38. The average Bonchev–Trinajstić information content (AvgIpc) is 3.56. The second-order valence-corrected chi connectivity index (χ2v) is 26.6. The van der Waals surface area contributed by atoms with Gasteiger partial charge in [0, 0.05) is 12.8 Å². The molecule has 0 amide bonds. The van der Waals surface area contributed by atoms with Crippen molar-refractivity contribution in [2.45, 2.75) is 328 Å².